The van der Waals surface area contributed by atoms with Crippen LogP contribution >= 0.6 is 0 Å². The van der Waals surface area contributed by atoms with Crippen molar-refractivity contribution in [3.63, 3.8) is 0 Å². The van der Waals surface area contributed by atoms with Crippen molar-refractivity contribution in [2.75, 3.05) is 33.4 Å². The van der Waals surface area contributed by atoms with Crippen molar-refractivity contribution in [2.45, 2.75) is 6.10 Å². The van der Waals surface area contributed by atoms with Crippen LogP contribution in [0.15, 0.2) is 58.6 Å². The van der Waals surface area contributed by atoms with Crippen LogP contribution in [0.1, 0.15) is 5.76 Å². The number of furan rings is 1. The predicted octanol–water partition coefficient (Wildman–Crippen LogP) is 1.88. The summed E-state index contributed by atoms with van der Waals surface area (Å²) in [4.78, 5) is 27.8. The van der Waals surface area contributed by atoms with Crippen LogP contribution in [0.25, 0.3) is 10.9 Å². The normalized spacial score (nSPS) is 17.3. The van der Waals surface area contributed by atoms with Crippen molar-refractivity contribution in [3.8, 4) is 5.88 Å². The van der Waals surface area contributed by atoms with Gasteiger partial charge in [0.2, 0.25) is 11.6 Å². The average Bonchev–Trinajstić information content (AvgIpc) is 3.30. The number of oxime groups is 1. The third-order valence-corrected chi connectivity index (χ3v) is 4.48. The SMILES string of the molecule is CON=C(C(=O)N1CCOC(COc2ncnc3ccccc23)C1)c1ccco1. The molecule has 1 fully saturated rings. The number of nitrogens with zero attached hydrogens (tertiary/aromatic N) is 4. The summed E-state index contributed by atoms with van der Waals surface area (Å²) in [5.74, 6) is 0.547. The van der Waals surface area contributed by atoms with E-state index in [1.165, 1.54) is 19.7 Å². The molecule has 1 saturated heterocycles. The highest BCUT2D eigenvalue weighted by Crippen LogP contribution is 2.21. The van der Waals surface area contributed by atoms with Crippen LogP contribution in [0, 0.1) is 0 Å². The van der Waals surface area contributed by atoms with Gasteiger partial charge in [0.05, 0.1) is 30.3 Å². The lowest BCUT2D eigenvalue weighted by Gasteiger charge is -2.32. The summed E-state index contributed by atoms with van der Waals surface area (Å²) in [5.41, 5.74) is 0.915. The minimum absolute atomic E-state index is 0.112. The molecular formula is C20H20N4O5. The fraction of sp³-hybridized carbons (Fsp3) is 0.300. The molecule has 1 aromatic carbocycles. The molecule has 0 radical (unpaired) electrons. The first-order chi connectivity index (χ1) is 14.3. The van der Waals surface area contributed by atoms with E-state index < -0.39 is 0 Å². The molecule has 1 aliphatic heterocycles. The smallest absolute Gasteiger partial charge is 0.279 e. The number of para-hydroxylation sites is 1. The first-order valence-corrected chi connectivity index (χ1v) is 9.14. The highest BCUT2D eigenvalue weighted by molar-refractivity contribution is 6.44. The molecule has 2 aromatic heterocycles. The maximum atomic E-state index is 12.9. The largest absolute Gasteiger partial charge is 0.474 e. The van der Waals surface area contributed by atoms with Gasteiger partial charge in [-0.1, -0.05) is 17.3 Å². The number of amides is 1. The van der Waals surface area contributed by atoms with Crippen molar-refractivity contribution in [2.24, 2.45) is 5.16 Å². The van der Waals surface area contributed by atoms with E-state index in [2.05, 4.69) is 15.1 Å². The maximum absolute atomic E-state index is 12.9. The molecule has 29 heavy (non-hydrogen) atoms. The molecule has 1 amide bonds. The number of aromatic nitrogens is 2. The minimum Gasteiger partial charge on any atom is -0.474 e. The molecule has 0 saturated carbocycles. The number of morpholine rings is 1. The summed E-state index contributed by atoms with van der Waals surface area (Å²) >= 11 is 0. The van der Waals surface area contributed by atoms with Gasteiger partial charge in [0.25, 0.3) is 5.91 Å². The zero-order valence-electron chi connectivity index (χ0n) is 15.9. The lowest BCUT2D eigenvalue weighted by molar-refractivity contribution is -0.132. The van der Waals surface area contributed by atoms with Gasteiger partial charge in [-0.3, -0.25) is 4.79 Å². The van der Waals surface area contributed by atoms with Gasteiger partial charge in [-0.25, -0.2) is 9.97 Å². The summed E-state index contributed by atoms with van der Waals surface area (Å²) in [6.45, 7) is 1.44. The van der Waals surface area contributed by atoms with E-state index >= 15 is 0 Å². The molecule has 0 aliphatic carbocycles. The number of fused-ring (bicyclic) bond motifs is 1. The number of carbonyl (C=O) groups is 1. The Balaban J connectivity index is 1.43. The van der Waals surface area contributed by atoms with Gasteiger partial charge in [-0.05, 0) is 24.3 Å². The quantitative estimate of drug-likeness (QED) is 0.463. The van der Waals surface area contributed by atoms with Gasteiger partial charge in [0.15, 0.2) is 5.76 Å². The Bertz CT molecular complexity index is 1000. The molecule has 4 rings (SSSR count). The number of rotatable bonds is 6. The molecule has 1 atom stereocenters. The van der Waals surface area contributed by atoms with E-state index in [0.717, 1.165) is 10.9 Å². The van der Waals surface area contributed by atoms with E-state index in [0.29, 0.717) is 31.3 Å². The van der Waals surface area contributed by atoms with Crippen LogP contribution in [0.5, 0.6) is 5.88 Å². The number of carbonyl (C=O) groups excluding carboxylic acids is 1. The first-order valence-electron chi connectivity index (χ1n) is 9.14. The topological polar surface area (TPSA) is 99.3 Å². The lowest BCUT2D eigenvalue weighted by Crippen LogP contribution is -2.49. The van der Waals surface area contributed by atoms with E-state index in [1.807, 2.05) is 24.3 Å². The Labute approximate surface area is 166 Å². The second-order valence-electron chi connectivity index (χ2n) is 6.35. The zero-order chi connectivity index (χ0) is 20.1. The van der Waals surface area contributed by atoms with Gasteiger partial charge < -0.3 is 23.6 Å². The standard InChI is InChI=1S/C20H20N4O5/c1-26-23-18(17-7-4-9-28-17)20(25)24-8-10-27-14(11-24)12-29-19-15-5-2-3-6-16(15)21-13-22-19/h2-7,9,13-14H,8,10-12H2,1H3. The molecule has 9 heteroatoms. The summed E-state index contributed by atoms with van der Waals surface area (Å²) in [6, 6.07) is 11.0. The predicted molar refractivity (Wildman–Crippen MR) is 104 cm³/mol. The summed E-state index contributed by atoms with van der Waals surface area (Å²) in [6.07, 6.45) is 2.64. The van der Waals surface area contributed by atoms with Crippen LogP contribution in [0.4, 0.5) is 0 Å². The molecule has 3 aromatic rings. The van der Waals surface area contributed by atoms with Gasteiger partial charge in [0.1, 0.15) is 26.1 Å². The highest BCUT2D eigenvalue weighted by atomic mass is 16.6. The fourth-order valence-corrected chi connectivity index (χ4v) is 3.12. The first kappa shape index (κ1) is 18.9. The van der Waals surface area contributed by atoms with Crippen LogP contribution in [0.3, 0.4) is 0 Å². The Morgan fingerprint density at radius 1 is 1.28 bits per heavy atom. The number of ether oxygens (including phenoxy) is 2. The lowest BCUT2D eigenvalue weighted by atomic mass is 10.2. The molecule has 0 bridgehead atoms. The fourth-order valence-electron chi connectivity index (χ4n) is 3.12. The molecule has 3 heterocycles. The summed E-state index contributed by atoms with van der Waals surface area (Å²) in [5, 5.41) is 4.66. The van der Waals surface area contributed by atoms with Crippen molar-refractivity contribution in [1.29, 1.82) is 0 Å². The maximum Gasteiger partial charge on any atom is 0.279 e. The number of hydrogen-bond donors (Lipinski definition) is 0. The molecule has 150 valence electrons. The van der Waals surface area contributed by atoms with Crippen molar-refractivity contribution >= 4 is 22.5 Å². The second-order valence-corrected chi connectivity index (χ2v) is 6.35. The Kier molecular flexibility index (Phi) is 5.66. The number of benzene rings is 1. The Morgan fingerprint density at radius 3 is 3.00 bits per heavy atom. The molecule has 1 unspecified atom stereocenters. The van der Waals surface area contributed by atoms with Crippen LogP contribution in [0.2, 0.25) is 0 Å². The van der Waals surface area contributed by atoms with E-state index in [9.17, 15) is 4.79 Å². The van der Waals surface area contributed by atoms with Crippen LogP contribution < -0.4 is 4.74 Å². The van der Waals surface area contributed by atoms with E-state index in [1.54, 1.807) is 17.0 Å². The summed E-state index contributed by atoms with van der Waals surface area (Å²) in [7, 11) is 1.39. The molecular weight excluding hydrogens is 376 g/mol. The molecule has 0 spiro atoms. The van der Waals surface area contributed by atoms with Crippen LogP contribution in [-0.4, -0.2) is 66.0 Å². The third kappa shape index (κ3) is 4.19. The van der Waals surface area contributed by atoms with Gasteiger partial charge >= 0.3 is 0 Å². The van der Waals surface area contributed by atoms with Crippen molar-refractivity contribution < 1.29 is 23.5 Å². The summed E-state index contributed by atoms with van der Waals surface area (Å²) < 4.78 is 17.0. The van der Waals surface area contributed by atoms with Gasteiger partial charge in [0, 0.05) is 6.54 Å². The Hall–Kier alpha value is -3.46. The van der Waals surface area contributed by atoms with Crippen molar-refractivity contribution in [3.05, 3.63) is 54.7 Å². The van der Waals surface area contributed by atoms with Gasteiger partial charge in [-0.2, -0.15) is 0 Å². The number of hydrogen-bond acceptors (Lipinski definition) is 8. The molecule has 0 N–H and O–H groups in total. The Morgan fingerprint density at radius 2 is 2.17 bits per heavy atom. The monoisotopic (exact) mass is 396 g/mol. The second kappa shape index (κ2) is 8.70. The van der Waals surface area contributed by atoms with Crippen LogP contribution in [-0.2, 0) is 14.4 Å². The van der Waals surface area contributed by atoms with E-state index in [4.69, 9.17) is 18.7 Å². The van der Waals surface area contributed by atoms with Crippen molar-refractivity contribution in [1.82, 2.24) is 14.9 Å². The molecule has 9 nitrogen and oxygen atoms in total. The average molecular weight is 396 g/mol. The molecule has 1 aliphatic rings. The van der Waals surface area contributed by atoms with E-state index in [-0.39, 0.29) is 24.3 Å². The van der Waals surface area contributed by atoms with Gasteiger partial charge in [-0.15, -0.1) is 0 Å². The highest BCUT2D eigenvalue weighted by Gasteiger charge is 2.30. The third-order valence-electron chi connectivity index (χ3n) is 4.48. The minimum atomic E-state index is -0.304. The zero-order valence-corrected chi connectivity index (χ0v) is 15.9.